The van der Waals surface area contributed by atoms with Crippen LogP contribution in [0.4, 0.5) is 0 Å². The van der Waals surface area contributed by atoms with Crippen LogP contribution in [0.2, 0.25) is 0 Å². The Morgan fingerprint density at radius 3 is 2.57 bits per heavy atom. The molecule has 0 bridgehead atoms. The average Bonchev–Trinajstić information content (AvgIpc) is 2.20. The van der Waals surface area contributed by atoms with Crippen LogP contribution >= 0.6 is 0 Å². The van der Waals surface area contributed by atoms with E-state index in [2.05, 4.69) is 38.2 Å². The molecule has 2 heteroatoms. The Bertz CT molecular complexity index is 307. The van der Waals surface area contributed by atoms with Gasteiger partial charge in [-0.15, -0.1) is 0 Å². The van der Waals surface area contributed by atoms with Crippen LogP contribution in [0.15, 0.2) is 12.1 Å². The van der Waals surface area contributed by atoms with E-state index in [4.69, 9.17) is 4.74 Å². The average molecular weight is 193 g/mol. The van der Waals surface area contributed by atoms with Gasteiger partial charge in [0.2, 0.25) is 0 Å². The molecule has 1 rings (SSSR count). The van der Waals surface area contributed by atoms with Gasteiger partial charge in [0.25, 0.3) is 0 Å². The number of hydrogen-bond donors (Lipinski definition) is 1. The van der Waals surface area contributed by atoms with Crippen molar-refractivity contribution < 1.29 is 4.74 Å². The second kappa shape index (κ2) is 5.01. The van der Waals surface area contributed by atoms with Crippen LogP contribution in [0.1, 0.15) is 23.6 Å². The molecule has 1 aromatic rings. The molecule has 0 aliphatic heterocycles. The zero-order valence-electron chi connectivity index (χ0n) is 9.48. The topological polar surface area (TPSA) is 21.3 Å². The lowest BCUT2D eigenvalue weighted by atomic mass is 10.0. The van der Waals surface area contributed by atoms with Gasteiger partial charge in [-0.05, 0) is 31.5 Å². The number of rotatable bonds is 4. The lowest BCUT2D eigenvalue weighted by Crippen LogP contribution is -2.13. The first-order valence-corrected chi connectivity index (χ1v) is 5.04. The Hall–Kier alpha value is -1.02. The molecule has 0 aliphatic carbocycles. The molecule has 0 amide bonds. The molecule has 78 valence electrons. The van der Waals surface area contributed by atoms with Crippen LogP contribution in [-0.4, -0.2) is 13.7 Å². The molecule has 1 N–H and O–H groups in total. The highest BCUT2D eigenvalue weighted by Gasteiger charge is 2.07. The van der Waals surface area contributed by atoms with Gasteiger partial charge < -0.3 is 10.1 Å². The molecule has 0 aliphatic rings. The van der Waals surface area contributed by atoms with Crippen molar-refractivity contribution in [3.05, 3.63) is 28.8 Å². The molecular formula is C12H19NO. The van der Waals surface area contributed by atoms with Gasteiger partial charge in [-0.25, -0.2) is 0 Å². The van der Waals surface area contributed by atoms with E-state index in [-0.39, 0.29) is 0 Å². The number of ether oxygens (including phenoxy) is 1. The van der Waals surface area contributed by atoms with Gasteiger partial charge in [0.05, 0.1) is 7.11 Å². The van der Waals surface area contributed by atoms with E-state index in [1.807, 2.05) is 0 Å². The standard InChI is InChI=1S/C12H19NO/c1-5-13-8-11-7-6-9(2)10(3)12(11)14-4/h6-7,13H,5,8H2,1-4H3. The van der Waals surface area contributed by atoms with E-state index in [9.17, 15) is 0 Å². The Morgan fingerprint density at radius 1 is 1.29 bits per heavy atom. The summed E-state index contributed by atoms with van der Waals surface area (Å²) in [6.07, 6.45) is 0. The summed E-state index contributed by atoms with van der Waals surface area (Å²) in [7, 11) is 1.73. The number of aryl methyl sites for hydroxylation is 1. The highest BCUT2D eigenvalue weighted by molar-refractivity contribution is 5.45. The second-order valence-electron chi connectivity index (χ2n) is 3.48. The molecular weight excluding hydrogens is 174 g/mol. The van der Waals surface area contributed by atoms with Crippen molar-refractivity contribution in [2.24, 2.45) is 0 Å². The van der Waals surface area contributed by atoms with Crippen LogP contribution < -0.4 is 10.1 Å². The van der Waals surface area contributed by atoms with Crippen molar-refractivity contribution in [3.63, 3.8) is 0 Å². The van der Waals surface area contributed by atoms with Gasteiger partial charge in [0.1, 0.15) is 5.75 Å². The SMILES string of the molecule is CCNCc1ccc(C)c(C)c1OC. The maximum atomic E-state index is 5.41. The van der Waals surface area contributed by atoms with E-state index < -0.39 is 0 Å². The summed E-state index contributed by atoms with van der Waals surface area (Å²) in [5.41, 5.74) is 3.75. The van der Waals surface area contributed by atoms with E-state index >= 15 is 0 Å². The van der Waals surface area contributed by atoms with Gasteiger partial charge in [-0.3, -0.25) is 0 Å². The highest BCUT2D eigenvalue weighted by Crippen LogP contribution is 2.25. The zero-order chi connectivity index (χ0) is 10.6. The van der Waals surface area contributed by atoms with E-state index in [1.165, 1.54) is 16.7 Å². The van der Waals surface area contributed by atoms with E-state index in [1.54, 1.807) is 7.11 Å². The van der Waals surface area contributed by atoms with E-state index in [0.29, 0.717) is 0 Å². The number of methoxy groups -OCH3 is 1. The Kier molecular flexibility index (Phi) is 3.96. The third kappa shape index (κ3) is 2.26. The molecule has 2 nitrogen and oxygen atoms in total. The first kappa shape index (κ1) is 11.1. The fourth-order valence-corrected chi connectivity index (χ4v) is 1.53. The number of nitrogens with one attached hydrogen (secondary N) is 1. The molecule has 1 aromatic carbocycles. The molecule has 0 atom stereocenters. The molecule has 0 radical (unpaired) electrons. The summed E-state index contributed by atoms with van der Waals surface area (Å²) >= 11 is 0. The third-order valence-corrected chi connectivity index (χ3v) is 2.53. The van der Waals surface area contributed by atoms with Crippen molar-refractivity contribution in [2.45, 2.75) is 27.3 Å². The van der Waals surface area contributed by atoms with Crippen LogP contribution in [0.3, 0.4) is 0 Å². The molecule has 0 spiro atoms. The van der Waals surface area contributed by atoms with Crippen molar-refractivity contribution in [3.8, 4) is 5.75 Å². The minimum atomic E-state index is 0.876. The summed E-state index contributed by atoms with van der Waals surface area (Å²) in [4.78, 5) is 0. The van der Waals surface area contributed by atoms with Gasteiger partial charge in [-0.2, -0.15) is 0 Å². The van der Waals surface area contributed by atoms with Gasteiger partial charge in [0.15, 0.2) is 0 Å². The fraction of sp³-hybridized carbons (Fsp3) is 0.500. The molecule has 0 fully saturated rings. The summed E-state index contributed by atoms with van der Waals surface area (Å²) in [6.45, 7) is 8.17. The largest absolute Gasteiger partial charge is 0.496 e. The van der Waals surface area contributed by atoms with Crippen LogP contribution in [0.5, 0.6) is 5.75 Å². The van der Waals surface area contributed by atoms with Crippen molar-refractivity contribution in [1.29, 1.82) is 0 Å². The highest BCUT2D eigenvalue weighted by atomic mass is 16.5. The molecule has 0 heterocycles. The molecule has 0 unspecified atom stereocenters. The van der Waals surface area contributed by atoms with E-state index in [0.717, 1.165) is 18.8 Å². The van der Waals surface area contributed by atoms with Crippen molar-refractivity contribution >= 4 is 0 Å². The first-order chi connectivity index (χ1) is 6.70. The Balaban J connectivity index is 2.98. The van der Waals surface area contributed by atoms with Gasteiger partial charge in [-0.1, -0.05) is 19.1 Å². The monoisotopic (exact) mass is 193 g/mol. The van der Waals surface area contributed by atoms with Gasteiger partial charge >= 0.3 is 0 Å². The maximum absolute atomic E-state index is 5.41. The lowest BCUT2D eigenvalue weighted by molar-refractivity contribution is 0.404. The van der Waals surface area contributed by atoms with Gasteiger partial charge in [0, 0.05) is 12.1 Å². The van der Waals surface area contributed by atoms with Crippen LogP contribution in [0, 0.1) is 13.8 Å². The smallest absolute Gasteiger partial charge is 0.126 e. The fourth-order valence-electron chi connectivity index (χ4n) is 1.53. The normalized spacial score (nSPS) is 10.3. The lowest BCUT2D eigenvalue weighted by Gasteiger charge is -2.13. The minimum absolute atomic E-state index is 0.876. The molecule has 14 heavy (non-hydrogen) atoms. The third-order valence-electron chi connectivity index (χ3n) is 2.53. The Labute approximate surface area is 86.3 Å². The molecule has 0 aromatic heterocycles. The summed E-state index contributed by atoms with van der Waals surface area (Å²) in [5, 5.41) is 3.31. The quantitative estimate of drug-likeness (QED) is 0.793. The molecule has 0 saturated carbocycles. The predicted molar refractivity (Wildman–Crippen MR) is 59.8 cm³/mol. The maximum Gasteiger partial charge on any atom is 0.126 e. The molecule has 0 saturated heterocycles. The number of hydrogen-bond acceptors (Lipinski definition) is 2. The van der Waals surface area contributed by atoms with Crippen molar-refractivity contribution in [1.82, 2.24) is 5.32 Å². The predicted octanol–water partition coefficient (Wildman–Crippen LogP) is 2.42. The van der Waals surface area contributed by atoms with Crippen LogP contribution in [0.25, 0.3) is 0 Å². The second-order valence-corrected chi connectivity index (χ2v) is 3.48. The Morgan fingerprint density at radius 2 is 2.00 bits per heavy atom. The summed E-state index contributed by atoms with van der Waals surface area (Å²) < 4.78 is 5.41. The number of benzene rings is 1. The zero-order valence-corrected chi connectivity index (χ0v) is 9.48. The summed E-state index contributed by atoms with van der Waals surface area (Å²) in [6, 6.07) is 4.27. The minimum Gasteiger partial charge on any atom is -0.496 e. The summed E-state index contributed by atoms with van der Waals surface area (Å²) in [5.74, 6) is 1.02. The first-order valence-electron chi connectivity index (χ1n) is 5.04. The van der Waals surface area contributed by atoms with Crippen molar-refractivity contribution in [2.75, 3.05) is 13.7 Å². The van der Waals surface area contributed by atoms with Crippen LogP contribution in [-0.2, 0) is 6.54 Å².